The van der Waals surface area contributed by atoms with Gasteiger partial charge in [0.2, 0.25) is 10.0 Å². The van der Waals surface area contributed by atoms with Gasteiger partial charge in [-0.25, -0.2) is 21.9 Å². The molecular formula is C16H14ClF2NO2S. The van der Waals surface area contributed by atoms with Gasteiger partial charge in [-0.1, -0.05) is 23.7 Å². The second-order valence-electron chi connectivity index (χ2n) is 5.59. The number of nitrogens with one attached hydrogen (secondary N) is 1. The van der Waals surface area contributed by atoms with E-state index in [0.717, 1.165) is 30.5 Å². The van der Waals surface area contributed by atoms with Gasteiger partial charge in [-0.05, 0) is 48.6 Å². The SMILES string of the molecule is O=S(=O)(N[C@H](c1ccc(Cl)cc1)C1CC1)c1cc(F)cc(F)c1. The Bertz CT molecular complexity index is 800. The van der Waals surface area contributed by atoms with Crippen LogP contribution in [0.25, 0.3) is 0 Å². The van der Waals surface area contributed by atoms with Crippen LogP contribution in [0.2, 0.25) is 5.02 Å². The maximum absolute atomic E-state index is 13.3. The van der Waals surface area contributed by atoms with Crippen molar-refractivity contribution in [2.45, 2.75) is 23.8 Å². The Morgan fingerprint density at radius 1 is 1.04 bits per heavy atom. The van der Waals surface area contributed by atoms with Crippen molar-refractivity contribution < 1.29 is 17.2 Å². The van der Waals surface area contributed by atoms with Crippen molar-refractivity contribution in [2.75, 3.05) is 0 Å². The van der Waals surface area contributed by atoms with E-state index in [2.05, 4.69) is 4.72 Å². The Morgan fingerprint density at radius 2 is 1.61 bits per heavy atom. The van der Waals surface area contributed by atoms with E-state index in [1.54, 1.807) is 24.3 Å². The smallest absolute Gasteiger partial charge is 0.207 e. The third-order valence-electron chi connectivity index (χ3n) is 3.75. The highest BCUT2D eigenvalue weighted by Crippen LogP contribution is 2.42. The molecule has 0 bridgehead atoms. The van der Waals surface area contributed by atoms with Gasteiger partial charge in [0.25, 0.3) is 0 Å². The molecule has 0 unspecified atom stereocenters. The summed E-state index contributed by atoms with van der Waals surface area (Å²) in [4.78, 5) is -0.422. The lowest BCUT2D eigenvalue weighted by atomic mass is 10.0. The maximum atomic E-state index is 13.3. The van der Waals surface area contributed by atoms with E-state index >= 15 is 0 Å². The number of benzene rings is 2. The number of halogens is 3. The number of sulfonamides is 1. The van der Waals surface area contributed by atoms with Crippen LogP contribution < -0.4 is 4.72 Å². The lowest BCUT2D eigenvalue weighted by molar-refractivity contribution is 0.524. The molecule has 1 N–H and O–H groups in total. The van der Waals surface area contributed by atoms with Crippen molar-refractivity contribution in [3.63, 3.8) is 0 Å². The average Bonchev–Trinajstić information content (AvgIpc) is 3.29. The summed E-state index contributed by atoms with van der Waals surface area (Å²) in [6.07, 6.45) is 1.79. The van der Waals surface area contributed by atoms with E-state index < -0.39 is 32.6 Å². The van der Waals surface area contributed by atoms with Crippen molar-refractivity contribution in [1.82, 2.24) is 4.72 Å². The van der Waals surface area contributed by atoms with Gasteiger partial charge in [0.15, 0.2) is 0 Å². The summed E-state index contributed by atoms with van der Waals surface area (Å²) in [5.41, 5.74) is 0.775. The molecule has 1 aliphatic rings. The lowest BCUT2D eigenvalue weighted by Crippen LogP contribution is -2.30. The molecule has 0 radical (unpaired) electrons. The van der Waals surface area contributed by atoms with Crippen LogP contribution in [0.15, 0.2) is 47.4 Å². The number of hydrogen-bond donors (Lipinski definition) is 1. The first-order valence-corrected chi connectivity index (χ1v) is 8.95. The molecule has 1 atom stereocenters. The molecule has 0 spiro atoms. The van der Waals surface area contributed by atoms with Crippen LogP contribution in [0.1, 0.15) is 24.4 Å². The summed E-state index contributed by atoms with van der Waals surface area (Å²) in [6.45, 7) is 0. The van der Waals surface area contributed by atoms with E-state index in [9.17, 15) is 17.2 Å². The molecule has 3 nitrogen and oxygen atoms in total. The second-order valence-corrected chi connectivity index (χ2v) is 7.74. The predicted octanol–water partition coefficient (Wildman–Crippen LogP) is 4.05. The highest BCUT2D eigenvalue weighted by molar-refractivity contribution is 7.89. The minimum atomic E-state index is -4.03. The molecule has 3 rings (SSSR count). The van der Waals surface area contributed by atoms with Gasteiger partial charge in [-0.15, -0.1) is 0 Å². The molecule has 122 valence electrons. The van der Waals surface area contributed by atoms with Gasteiger partial charge < -0.3 is 0 Å². The van der Waals surface area contributed by atoms with E-state index in [1.807, 2.05) is 0 Å². The Balaban J connectivity index is 1.91. The molecule has 23 heavy (non-hydrogen) atoms. The van der Waals surface area contributed by atoms with Crippen LogP contribution >= 0.6 is 11.6 Å². The summed E-state index contributed by atoms with van der Waals surface area (Å²) < 4.78 is 54.0. The molecule has 0 heterocycles. The van der Waals surface area contributed by atoms with Gasteiger partial charge in [-0.3, -0.25) is 0 Å². The van der Waals surface area contributed by atoms with Crippen LogP contribution in [-0.4, -0.2) is 8.42 Å². The fourth-order valence-electron chi connectivity index (χ4n) is 2.45. The third kappa shape index (κ3) is 3.88. The summed E-state index contributed by atoms with van der Waals surface area (Å²) in [6, 6.07) is 8.67. The van der Waals surface area contributed by atoms with Crippen LogP contribution in [0, 0.1) is 17.6 Å². The largest absolute Gasteiger partial charge is 0.241 e. The van der Waals surface area contributed by atoms with Crippen LogP contribution in [0.4, 0.5) is 8.78 Å². The quantitative estimate of drug-likeness (QED) is 0.877. The molecule has 0 saturated heterocycles. The zero-order valence-electron chi connectivity index (χ0n) is 12.0. The maximum Gasteiger partial charge on any atom is 0.241 e. The summed E-state index contributed by atoms with van der Waals surface area (Å²) >= 11 is 5.85. The van der Waals surface area contributed by atoms with E-state index in [1.165, 1.54) is 0 Å². The first kappa shape index (κ1) is 16.4. The number of rotatable bonds is 5. The predicted molar refractivity (Wildman–Crippen MR) is 83.6 cm³/mol. The fraction of sp³-hybridized carbons (Fsp3) is 0.250. The monoisotopic (exact) mass is 357 g/mol. The van der Waals surface area contributed by atoms with E-state index in [4.69, 9.17) is 11.6 Å². The Labute approximate surface area is 138 Å². The average molecular weight is 358 g/mol. The van der Waals surface area contributed by atoms with Crippen molar-refractivity contribution >= 4 is 21.6 Å². The van der Waals surface area contributed by atoms with Crippen molar-refractivity contribution in [2.24, 2.45) is 5.92 Å². The minimum Gasteiger partial charge on any atom is -0.207 e. The summed E-state index contributed by atoms with van der Waals surface area (Å²) in [5, 5.41) is 0.554. The normalized spacial score (nSPS) is 16.3. The first-order chi connectivity index (χ1) is 10.8. The zero-order chi connectivity index (χ0) is 16.6. The minimum absolute atomic E-state index is 0.171. The molecule has 2 aromatic rings. The highest BCUT2D eigenvalue weighted by atomic mass is 35.5. The molecule has 1 fully saturated rings. The molecule has 0 aromatic heterocycles. The van der Waals surface area contributed by atoms with Gasteiger partial charge in [0.05, 0.1) is 4.90 Å². The highest BCUT2D eigenvalue weighted by Gasteiger charge is 2.35. The van der Waals surface area contributed by atoms with Gasteiger partial charge >= 0.3 is 0 Å². The lowest BCUT2D eigenvalue weighted by Gasteiger charge is -2.19. The van der Waals surface area contributed by atoms with Crippen LogP contribution in [0.5, 0.6) is 0 Å². The standard InChI is InChI=1S/C16H14ClF2NO2S/c17-12-5-3-11(4-6-12)16(10-1-2-10)20-23(21,22)15-8-13(18)7-14(19)9-15/h3-10,16,20H,1-2H2/t16-/m0/s1. The van der Waals surface area contributed by atoms with Crippen LogP contribution in [-0.2, 0) is 10.0 Å². The summed E-state index contributed by atoms with van der Waals surface area (Å²) in [5.74, 6) is -1.69. The van der Waals surface area contributed by atoms with Crippen molar-refractivity contribution in [3.05, 3.63) is 64.7 Å². The molecule has 1 aliphatic carbocycles. The topological polar surface area (TPSA) is 46.2 Å². The molecular weight excluding hydrogens is 344 g/mol. The Hall–Kier alpha value is -1.50. The Kier molecular flexibility index (Phi) is 4.40. The number of hydrogen-bond acceptors (Lipinski definition) is 2. The summed E-state index contributed by atoms with van der Waals surface area (Å²) in [7, 11) is -4.03. The molecule has 0 amide bonds. The Morgan fingerprint density at radius 3 is 2.13 bits per heavy atom. The van der Waals surface area contributed by atoms with Gasteiger partial charge in [0, 0.05) is 17.1 Å². The third-order valence-corrected chi connectivity index (χ3v) is 5.42. The van der Waals surface area contributed by atoms with Gasteiger partial charge in [0.1, 0.15) is 11.6 Å². The molecule has 7 heteroatoms. The van der Waals surface area contributed by atoms with E-state index in [-0.39, 0.29) is 5.92 Å². The van der Waals surface area contributed by atoms with E-state index in [0.29, 0.717) is 11.1 Å². The van der Waals surface area contributed by atoms with Crippen molar-refractivity contribution in [1.29, 1.82) is 0 Å². The van der Waals surface area contributed by atoms with Crippen LogP contribution in [0.3, 0.4) is 0 Å². The fourth-order valence-corrected chi connectivity index (χ4v) is 3.92. The first-order valence-electron chi connectivity index (χ1n) is 7.09. The molecule has 2 aromatic carbocycles. The second kappa shape index (κ2) is 6.19. The van der Waals surface area contributed by atoms with Crippen molar-refractivity contribution in [3.8, 4) is 0 Å². The van der Waals surface area contributed by atoms with Gasteiger partial charge in [-0.2, -0.15) is 0 Å². The zero-order valence-corrected chi connectivity index (χ0v) is 13.5. The molecule has 0 aliphatic heterocycles. The molecule has 1 saturated carbocycles.